The van der Waals surface area contributed by atoms with E-state index >= 15 is 0 Å². The number of aromatic nitrogens is 3. The third-order valence-electron chi connectivity index (χ3n) is 4.49. The van der Waals surface area contributed by atoms with Crippen molar-refractivity contribution in [1.29, 1.82) is 0 Å². The van der Waals surface area contributed by atoms with Crippen LogP contribution in [0, 0.1) is 17.4 Å². The van der Waals surface area contributed by atoms with Crippen molar-refractivity contribution < 1.29 is 9.90 Å². The zero-order valence-electron chi connectivity index (χ0n) is 13.9. The Bertz CT molecular complexity index is 754. The summed E-state index contributed by atoms with van der Waals surface area (Å²) in [4.78, 5) is 17.6. The van der Waals surface area contributed by atoms with Gasteiger partial charge in [-0.2, -0.15) is 9.61 Å². The molecule has 0 spiro atoms. The molecule has 0 saturated heterocycles. The summed E-state index contributed by atoms with van der Waals surface area (Å²) in [6, 6.07) is 2.10. The summed E-state index contributed by atoms with van der Waals surface area (Å²) in [5, 5.41) is 17.3. The number of rotatable bonds is 5. The molecule has 1 aliphatic carbocycles. The van der Waals surface area contributed by atoms with Crippen LogP contribution in [0.4, 0.5) is 10.6 Å². The Morgan fingerprint density at radius 1 is 1.46 bits per heavy atom. The lowest BCUT2D eigenvalue weighted by molar-refractivity contribution is 0.127. The molecule has 24 heavy (non-hydrogen) atoms. The number of carbonyl (C=O) groups is 1. The molecular weight excluding hydrogens is 421 g/mol. The van der Waals surface area contributed by atoms with Gasteiger partial charge in [0, 0.05) is 30.9 Å². The van der Waals surface area contributed by atoms with Gasteiger partial charge in [-0.1, -0.05) is 12.8 Å². The number of aryl methyl sites for hydroxylation is 2. The van der Waals surface area contributed by atoms with Gasteiger partial charge >= 0.3 is 6.09 Å². The van der Waals surface area contributed by atoms with Crippen molar-refractivity contribution in [3.05, 3.63) is 21.0 Å². The Kier molecular flexibility index (Phi) is 5.12. The van der Waals surface area contributed by atoms with Crippen molar-refractivity contribution in [2.24, 2.45) is 0 Å². The first-order chi connectivity index (χ1) is 11.5. The van der Waals surface area contributed by atoms with E-state index < -0.39 is 6.09 Å². The van der Waals surface area contributed by atoms with Crippen molar-refractivity contribution >= 4 is 40.1 Å². The number of carboxylic acid groups (broad SMARTS) is 1. The van der Waals surface area contributed by atoms with Gasteiger partial charge in [0.2, 0.25) is 0 Å². The minimum Gasteiger partial charge on any atom is -0.465 e. The highest BCUT2D eigenvalue weighted by molar-refractivity contribution is 14.1. The Morgan fingerprint density at radius 3 is 2.83 bits per heavy atom. The number of nitrogens with one attached hydrogen (secondary N) is 1. The highest BCUT2D eigenvalue weighted by Crippen LogP contribution is 2.24. The summed E-state index contributed by atoms with van der Waals surface area (Å²) in [6.45, 7) is 4.94. The molecule has 0 atom stereocenters. The first-order valence-electron chi connectivity index (χ1n) is 8.23. The van der Waals surface area contributed by atoms with E-state index in [-0.39, 0.29) is 6.04 Å². The second-order valence-corrected chi connectivity index (χ2v) is 7.34. The van der Waals surface area contributed by atoms with E-state index in [1.807, 2.05) is 19.9 Å². The maximum absolute atomic E-state index is 11.5. The molecule has 1 fully saturated rings. The Labute approximate surface area is 154 Å². The van der Waals surface area contributed by atoms with E-state index in [0.717, 1.165) is 52.1 Å². The second kappa shape index (κ2) is 7.12. The third kappa shape index (κ3) is 3.42. The van der Waals surface area contributed by atoms with Crippen molar-refractivity contribution in [2.75, 3.05) is 18.4 Å². The Morgan fingerprint density at radius 2 is 2.17 bits per heavy atom. The van der Waals surface area contributed by atoms with Crippen LogP contribution >= 0.6 is 22.6 Å². The van der Waals surface area contributed by atoms with Crippen LogP contribution in [0.1, 0.15) is 37.1 Å². The fourth-order valence-corrected chi connectivity index (χ4v) is 3.76. The lowest BCUT2D eigenvalue weighted by atomic mass is 10.2. The predicted molar refractivity (Wildman–Crippen MR) is 101 cm³/mol. The van der Waals surface area contributed by atoms with Gasteiger partial charge in [0.05, 0.1) is 9.26 Å². The predicted octanol–water partition coefficient (Wildman–Crippen LogP) is 3.29. The molecule has 2 N–H and O–H groups in total. The monoisotopic (exact) mass is 443 g/mol. The molecule has 3 rings (SSSR count). The first-order valence-corrected chi connectivity index (χ1v) is 9.31. The molecule has 0 unspecified atom stereocenters. The fourth-order valence-electron chi connectivity index (χ4n) is 3.30. The number of amides is 1. The summed E-state index contributed by atoms with van der Waals surface area (Å²) in [5.74, 6) is 0.847. The number of hydrogen-bond acceptors (Lipinski definition) is 4. The van der Waals surface area contributed by atoms with Crippen LogP contribution < -0.4 is 5.32 Å². The van der Waals surface area contributed by atoms with E-state index in [1.165, 1.54) is 0 Å². The Hall–Kier alpha value is -1.58. The van der Waals surface area contributed by atoms with E-state index in [9.17, 15) is 9.90 Å². The normalized spacial score (nSPS) is 15.1. The highest BCUT2D eigenvalue weighted by Gasteiger charge is 2.25. The zero-order valence-corrected chi connectivity index (χ0v) is 16.1. The summed E-state index contributed by atoms with van der Waals surface area (Å²) < 4.78 is 2.84. The molecule has 130 valence electrons. The van der Waals surface area contributed by atoms with Gasteiger partial charge < -0.3 is 15.3 Å². The third-order valence-corrected chi connectivity index (χ3v) is 5.75. The SMILES string of the molecule is Cc1cc(NCCN(C(=O)O)C2CCCC2)n2nc(C)c(I)c2n1. The van der Waals surface area contributed by atoms with Crippen LogP contribution in [0.15, 0.2) is 6.07 Å². The van der Waals surface area contributed by atoms with Crippen molar-refractivity contribution in [2.45, 2.75) is 45.6 Å². The van der Waals surface area contributed by atoms with Crippen LogP contribution in [-0.2, 0) is 0 Å². The molecule has 0 aliphatic heterocycles. The van der Waals surface area contributed by atoms with Gasteiger partial charge in [-0.3, -0.25) is 0 Å². The summed E-state index contributed by atoms with van der Waals surface area (Å²) in [7, 11) is 0. The number of hydrogen-bond donors (Lipinski definition) is 2. The van der Waals surface area contributed by atoms with Gasteiger partial charge in [-0.25, -0.2) is 9.78 Å². The first kappa shape index (κ1) is 17.2. The lowest BCUT2D eigenvalue weighted by Crippen LogP contribution is -2.40. The van der Waals surface area contributed by atoms with Crippen LogP contribution in [0.2, 0.25) is 0 Å². The van der Waals surface area contributed by atoms with E-state index in [0.29, 0.717) is 13.1 Å². The molecule has 2 aromatic rings. The van der Waals surface area contributed by atoms with E-state index in [1.54, 1.807) is 9.42 Å². The van der Waals surface area contributed by atoms with Gasteiger partial charge in [-0.05, 0) is 49.3 Å². The van der Waals surface area contributed by atoms with Crippen LogP contribution in [0.3, 0.4) is 0 Å². The zero-order chi connectivity index (χ0) is 17.3. The van der Waals surface area contributed by atoms with E-state index in [4.69, 9.17) is 0 Å². The average Bonchev–Trinajstić information content (AvgIpc) is 3.14. The van der Waals surface area contributed by atoms with Crippen molar-refractivity contribution in [3.8, 4) is 0 Å². The standard InChI is InChI=1S/C16H22IN5O2/c1-10-9-13(22-15(19-10)14(17)11(2)20-22)18-7-8-21(16(23)24)12-5-3-4-6-12/h9,12,18H,3-8H2,1-2H3,(H,23,24). The number of halogens is 1. The summed E-state index contributed by atoms with van der Waals surface area (Å²) in [6.07, 6.45) is 3.36. The molecule has 8 heteroatoms. The van der Waals surface area contributed by atoms with Crippen LogP contribution in [0.5, 0.6) is 0 Å². The highest BCUT2D eigenvalue weighted by atomic mass is 127. The van der Waals surface area contributed by atoms with Gasteiger partial charge in [0.25, 0.3) is 0 Å². The molecule has 0 aromatic carbocycles. The number of nitrogens with zero attached hydrogens (tertiary/aromatic N) is 4. The molecule has 7 nitrogen and oxygen atoms in total. The molecule has 2 aromatic heterocycles. The summed E-state index contributed by atoms with van der Waals surface area (Å²) >= 11 is 2.25. The van der Waals surface area contributed by atoms with Crippen molar-refractivity contribution in [1.82, 2.24) is 19.5 Å². The minimum atomic E-state index is -0.829. The second-order valence-electron chi connectivity index (χ2n) is 6.26. The van der Waals surface area contributed by atoms with Gasteiger partial charge in [0.15, 0.2) is 5.65 Å². The van der Waals surface area contributed by atoms with Crippen molar-refractivity contribution in [3.63, 3.8) is 0 Å². The van der Waals surface area contributed by atoms with Crippen LogP contribution in [-0.4, -0.2) is 49.8 Å². The average molecular weight is 443 g/mol. The molecule has 1 saturated carbocycles. The smallest absolute Gasteiger partial charge is 0.407 e. The topological polar surface area (TPSA) is 82.8 Å². The molecule has 1 aliphatic rings. The maximum Gasteiger partial charge on any atom is 0.407 e. The lowest BCUT2D eigenvalue weighted by Gasteiger charge is -2.26. The fraction of sp³-hybridized carbons (Fsp3) is 0.562. The molecule has 2 heterocycles. The quantitative estimate of drug-likeness (QED) is 0.694. The minimum absolute atomic E-state index is 0.163. The van der Waals surface area contributed by atoms with E-state index in [2.05, 4.69) is 38.0 Å². The number of anilines is 1. The molecule has 0 bridgehead atoms. The maximum atomic E-state index is 11.5. The van der Waals surface area contributed by atoms with Crippen LogP contribution in [0.25, 0.3) is 5.65 Å². The molecular formula is C16H22IN5O2. The Balaban J connectivity index is 1.73. The van der Waals surface area contributed by atoms with Gasteiger partial charge in [-0.15, -0.1) is 0 Å². The van der Waals surface area contributed by atoms with Gasteiger partial charge in [0.1, 0.15) is 5.82 Å². The molecule has 0 radical (unpaired) electrons. The number of fused-ring (bicyclic) bond motifs is 1. The molecule has 1 amide bonds. The largest absolute Gasteiger partial charge is 0.465 e. The summed E-state index contributed by atoms with van der Waals surface area (Å²) in [5.41, 5.74) is 2.69.